The third kappa shape index (κ3) is 3.55. The molecule has 0 fully saturated rings. The van der Waals surface area contributed by atoms with E-state index >= 15 is 0 Å². The number of nitro benzene ring substituents is 1. The minimum absolute atomic E-state index is 0.390. The number of nitrogens with zero attached hydrogens (tertiary/aromatic N) is 3. The standard InChI is InChI=1S/C21H15FN4O3/c1-13-5-10-19-24-17(12-25(19)11-13)14-6-8-15(9-7-14)23-21(27)16-3-2-4-18(20(16)22)26(28)29/h2-12H,1H3,(H,23,27). The number of pyridine rings is 1. The molecule has 0 unspecified atom stereocenters. The number of halogens is 1. The normalized spacial score (nSPS) is 10.8. The molecular formula is C21H15FN4O3. The number of rotatable bonds is 4. The van der Waals surface area contributed by atoms with Gasteiger partial charge in [0.25, 0.3) is 5.91 Å². The molecule has 1 N–H and O–H groups in total. The highest BCUT2D eigenvalue weighted by atomic mass is 19.1. The fraction of sp³-hybridized carbons (Fsp3) is 0.0476. The summed E-state index contributed by atoms with van der Waals surface area (Å²) >= 11 is 0. The van der Waals surface area contributed by atoms with Crippen LogP contribution in [0.3, 0.4) is 0 Å². The van der Waals surface area contributed by atoms with Gasteiger partial charge in [0.15, 0.2) is 0 Å². The predicted molar refractivity (Wildman–Crippen MR) is 106 cm³/mol. The van der Waals surface area contributed by atoms with Crippen LogP contribution in [0.5, 0.6) is 0 Å². The van der Waals surface area contributed by atoms with Crippen molar-refractivity contribution in [1.29, 1.82) is 0 Å². The van der Waals surface area contributed by atoms with Crippen LogP contribution in [-0.2, 0) is 0 Å². The van der Waals surface area contributed by atoms with Gasteiger partial charge in [0, 0.05) is 29.7 Å². The highest BCUT2D eigenvalue weighted by Gasteiger charge is 2.21. The number of amides is 1. The van der Waals surface area contributed by atoms with Crippen molar-refractivity contribution in [3.8, 4) is 11.3 Å². The number of imidazole rings is 1. The minimum Gasteiger partial charge on any atom is -0.322 e. The summed E-state index contributed by atoms with van der Waals surface area (Å²) < 4.78 is 16.1. The second-order valence-electron chi connectivity index (χ2n) is 6.53. The summed E-state index contributed by atoms with van der Waals surface area (Å²) in [5, 5.41) is 13.4. The first-order chi connectivity index (χ1) is 13.9. The van der Waals surface area contributed by atoms with E-state index < -0.39 is 22.3 Å². The average Bonchev–Trinajstić information content (AvgIpc) is 3.11. The minimum atomic E-state index is -1.16. The van der Waals surface area contributed by atoms with Crippen molar-refractivity contribution in [2.24, 2.45) is 0 Å². The highest BCUT2D eigenvalue weighted by Crippen LogP contribution is 2.24. The van der Waals surface area contributed by atoms with Crippen molar-refractivity contribution in [2.45, 2.75) is 6.92 Å². The van der Waals surface area contributed by atoms with Crippen molar-refractivity contribution in [3.05, 3.63) is 94.0 Å². The van der Waals surface area contributed by atoms with Crippen LogP contribution in [-0.4, -0.2) is 20.2 Å². The molecule has 0 aliphatic rings. The molecule has 0 atom stereocenters. The van der Waals surface area contributed by atoms with Gasteiger partial charge in [0.05, 0.1) is 16.2 Å². The maximum Gasteiger partial charge on any atom is 0.305 e. The zero-order valence-corrected chi connectivity index (χ0v) is 15.3. The molecule has 29 heavy (non-hydrogen) atoms. The lowest BCUT2D eigenvalue weighted by atomic mass is 10.1. The van der Waals surface area contributed by atoms with Crippen molar-refractivity contribution in [3.63, 3.8) is 0 Å². The predicted octanol–water partition coefficient (Wildman–Crippen LogP) is 4.61. The average molecular weight is 390 g/mol. The number of hydrogen-bond acceptors (Lipinski definition) is 4. The van der Waals surface area contributed by atoms with Crippen molar-refractivity contribution < 1.29 is 14.1 Å². The fourth-order valence-corrected chi connectivity index (χ4v) is 3.00. The molecule has 0 bridgehead atoms. The Kier molecular flexibility index (Phi) is 4.52. The Morgan fingerprint density at radius 3 is 2.59 bits per heavy atom. The summed E-state index contributed by atoms with van der Waals surface area (Å²) in [6.45, 7) is 2.00. The number of nitro groups is 1. The summed E-state index contributed by atoms with van der Waals surface area (Å²) in [4.78, 5) is 26.9. The number of aryl methyl sites for hydroxylation is 1. The molecule has 144 valence electrons. The number of benzene rings is 2. The Bertz CT molecular complexity index is 1250. The number of nitrogens with one attached hydrogen (secondary N) is 1. The van der Waals surface area contributed by atoms with Gasteiger partial charge in [0.1, 0.15) is 5.65 Å². The Labute approximate surface area is 164 Å². The van der Waals surface area contributed by atoms with Crippen LogP contribution >= 0.6 is 0 Å². The molecule has 0 radical (unpaired) electrons. The Morgan fingerprint density at radius 1 is 1.10 bits per heavy atom. The van der Waals surface area contributed by atoms with Gasteiger partial charge in [-0.3, -0.25) is 14.9 Å². The van der Waals surface area contributed by atoms with E-state index in [2.05, 4.69) is 10.3 Å². The lowest BCUT2D eigenvalue weighted by Crippen LogP contribution is -2.14. The zero-order valence-electron chi connectivity index (χ0n) is 15.3. The van der Waals surface area contributed by atoms with Gasteiger partial charge in [0.2, 0.25) is 5.82 Å². The quantitative estimate of drug-likeness (QED) is 0.407. The van der Waals surface area contributed by atoms with Gasteiger partial charge >= 0.3 is 5.69 Å². The molecule has 2 heterocycles. The van der Waals surface area contributed by atoms with E-state index in [1.165, 1.54) is 12.1 Å². The lowest BCUT2D eigenvalue weighted by molar-refractivity contribution is -0.387. The number of hydrogen-bond donors (Lipinski definition) is 1. The van der Waals surface area contributed by atoms with E-state index in [0.717, 1.165) is 28.5 Å². The van der Waals surface area contributed by atoms with E-state index in [0.29, 0.717) is 5.69 Å². The van der Waals surface area contributed by atoms with Crippen molar-refractivity contribution in [2.75, 3.05) is 5.32 Å². The second-order valence-corrected chi connectivity index (χ2v) is 6.53. The summed E-state index contributed by atoms with van der Waals surface area (Å²) in [5.41, 5.74) is 2.87. The van der Waals surface area contributed by atoms with Gasteiger partial charge in [-0.15, -0.1) is 0 Å². The summed E-state index contributed by atoms with van der Waals surface area (Å²) in [6, 6.07) is 14.3. The molecule has 0 saturated heterocycles. The molecule has 4 aromatic rings. The lowest BCUT2D eigenvalue weighted by Gasteiger charge is -2.07. The van der Waals surface area contributed by atoms with Crippen LogP contribution in [0.1, 0.15) is 15.9 Å². The number of carbonyl (C=O) groups excluding carboxylic acids is 1. The fourth-order valence-electron chi connectivity index (χ4n) is 3.00. The summed E-state index contributed by atoms with van der Waals surface area (Å²) in [7, 11) is 0. The summed E-state index contributed by atoms with van der Waals surface area (Å²) in [5.74, 6) is -1.92. The van der Waals surface area contributed by atoms with Gasteiger partial charge < -0.3 is 9.72 Å². The molecule has 0 saturated carbocycles. The Balaban J connectivity index is 1.56. The van der Waals surface area contributed by atoms with Crippen molar-refractivity contribution in [1.82, 2.24) is 9.38 Å². The number of carbonyl (C=O) groups is 1. The smallest absolute Gasteiger partial charge is 0.305 e. The van der Waals surface area contributed by atoms with Gasteiger partial charge in [-0.05, 0) is 36.8 Å². The van der Waals surface area contributed by atoms with Crippen LogP contribution in [0.2, 0.25) is 0 Å². The monoisotopic (exact) mass is 390 g/mol. The summed E-state index contributed by atoms with van der Waals surface area (Å²) in [6.07, 6.45) is 3.89. The largest absolute Gasteiger partial charge is 0.322 e. The van der Waals surface area contributed by atoms with Gasteiger partial charge in [-0.2, -0.15) is 4.39 Å². The van der Waals surface area contributed by atoms with E-state index in [-0.39, 0.29) is 5.56 Å². The van der Waals surface area contributed by atoms with Gasteiger partial charge in [-0.1, -0.05) is 24.3 Å². The highest BCUT2D eigenvalue weighted by molar-refractivity contribution is 6.05. The molecule has 0 aliphatic carbocycles. The van der Waals surface area contributed by atoms with Crippen LogP contribution in [0, 0.1) is 22.9 Å². The maximum atomic E-state index is 14.2. The van der Waals surface area contributed by atoms with E-state index in [9.17, 15) is 19.3 Å². The van der Waals surface area contributed by atoms with Crippen LogP contribution in [0.4, 0.5) is 15.8 Å². The molecule has 4 rings (SSSR count). The third-order valence-corrected chi connectivity index (χ3v) is 4.46. The molecular weight excluding hydrogens is 375 g/mol. The second kappa shape index (κ2) is 7.16. The van der Waals surface area contributed by atoms with Gasteiger partial charge in [-0.25, -0.2) is 4.98 Å². The van der Waals surface area contributed by atoms with Crippen LogP contribution < -0.4 is 5.32 Å². The van der Waals surface area contributed by atoms with E-state index in [1.54, 1.807) is 24.3 Å². The number of fused-ring (bicyclic) bond motifs is 1. The van der Waals surface area contributed by atoms with E-state index in [1.807, 2.05) is 35.9 Å². The van der Waals surface area contributed by atoms with Crippen LogP contribution in [0.25, 0.3) is 16.9 Å². The SMILES string of the molecule is Cc1ccc2nc(-c3ccc(NC(=O)c4cccc([N+](=O)[O-])c4F)cc3)cn2c1. The molecule has 2 aromatic heterocycles. The molecule has 0 aliphatic heterocycles. The third-order valence-electron chi connectivity index (χ3n) is 4.46. The first-order valence-corrected chi connectivity index (χ1v) is 8.72. The van der Waals surface area contributed by atoms with E-state index in [4.69, 9.17) is 0 Å². The molecule has 2 aromatic carbocycles. The van der Waals surface area contributed by atoms with Crippen molar-refractivity contribution >= 4 is 22.9 Å². The topological polar surface area (TPSA) is 89.5 Å². The molecule has 0 spiro atoms. The Hall–Kier alpha value is -4.07. The molecule has 7 nitrogen and oxygen atoms in total. The zero-order chi connectivity index (χ0) is 20.5. The number of anilines is 1. The molecule has 8 heteroatoms. The molecule has 1 amide bonds. The first-order valence-electron chi connectivity index (χ1n) is 8.72. The number of aromatic nitrogens is 2. The Morgan fingerprint density at radius 2 is 1.86 bits per heavy atom. The first kappa shape index (κ1) is 18.3. The maximum absolute atomic E-state index is 14.2. The van der Waals surface area contributed by atoms with Crippen LogP contribution in [0.15, 0.2) is 67.0 Å².